The Bertz CT molecular complexity index is 544. The summed E-state index contributed by atoms with van der Waals surface area (Å²) in [6.07, 6.45) is 5.17. The molecule has 0 aliphatic carbocycles. The van der Waals surface area contributed by atoms with Gasteiger partial charge in [0.15, 0.2) is 6.29 Å². The maximum absolute atomic E-state index is 6.28. The van der Waals surface area contributed by atoms with Gasteiger partial charge in [0.1, 0.15) is 5.75 Å². The summed E-state index contributed by atoms with van der Waals surface area (Å²) in [4.78, 5) is 6.10. The highest BCUT2D eigenvalue weighted by Crippen LogP contribution is 2.37. The average Bonchev–Trinajstić information content (AvgIpc) is 2.39. The molecule has 2 N–H and O–H groups in total. The van der Waals surface area contributed by atoms with Crippen LogP contribution in [0.5, 0.6) is 5.75 Å². The van der Waals surface area contributed by atoms with Crippen LogP contribution in [0.4, 0.5) is 5.69 Å². The first-order valence-corrected chi connectivity index (χ1v) is 10.1. The smallest absolute Gasteiger partial charge is 0.250 e. The fraction of sp³-hybridized carbons (Fsp3) is 0.438. The first kappa shape index (κ1) is 15.8. The Morgan fingerprint density at radius 1 is 1.19 bits per heavy atom. The van der Waals surface area contributed by atoms with Crippen molar-refractivity contribution in [1.29, 1.82) is 0 Å². The molecule has 1 aliphatic heterocycles. The second-order valence-corrected chi connectivity index (χ2v) is 11.5. The fourth-order valence-electron chi connectivity index (χ4n) is 1.80. The number of anilines is 1. The second-order valence-electron chi connectivity index (χ2n) is 6.82. The largest absolute Gasteiger partial charge is 0.544 e. The van der Waals surface area contributed by atoms with E-state index in [1.165, 1.54) is 0 Å². The molecule has 2 rings (SSSR count). The summed E-state index contributed by atoms with van der Waals surface area (Å²) in [5.74, 6) is 0.920. The van der Waals surface area contributed by atoms with E-state index in [2.05, 4.69) is 38.9 Å². The van der Waals surface area contributed by atoms with Crippen molar-refractivity contribution in [3.63, 3.8) is 0 Å². The molecule has 5 heteroatoms. The highest BCUT2D eigenvalue weighted by atomic mass is 28.4. The van der Waals surface area contributed by atoms with E-state index in [9.17, 15) is 0 Å². The van der Waals surface area contributed by atoms with E-state index in [0.29, 0.717) is 0 Å². The van der Waals surface area contributed by atoms with E-state index >= 15 is 0 Å². The molecule has 0 fully saturated rings. The third-order valence-electron chi connectivity index (χ3n) is 4.17. The molecular weight excluding hydrogens is 278 g/mol. The van der Waals surface area contributed by atoms with Crippen LogP contribution in [0.15, 0.2) is 41.5 Å². The summed E-state index contributed by atoms with van der Waals surface area (Å²) in [6.45, 7) is 11.2. The summed E-state index contributed by atoms with van der Waals surface area (Å²) in [5.41, 5.74) is 6.97. The number of hydrogen-bond donors (Lipinski definition) is 1. The molecule has 114 valence electrons. The van der Waals surface area contributed by atoms with Crippen LogP contribution in [0.1, 0.15) is 20.8 Å². The van der Waals surface area contributed by atoms with Crippen LogP contribution in [0.25, 0.3) is 0 Å². The van der Waals surface area contributed by atoms with Crippen molar-refractivity contribution < 1.29 is 4.43 Å². The monoisotopic (exact) mass is 303 g/mol. The number of rotatable bonds is 3. The van der Waals surface area contributed by atoms with Crippen molar-refractivity contribution in [3.8, 4) is 5.75 Å². The van der Waals surface area contributed by atoms with Gasteiger partial charge in [-0.05, 0) is 48.5 Å². The van der Waals surface area contributed by atoms with E-state index in [-0.39, 0.29) is 11.3 Å². The van der Waals surface area contributed by atoms with Crippen LogP contribution < -0.4 is 15.1 Å². The molecule has 0 bridgehead atoms. The molecule has 1 aliphatic rings. The fourth-order valence-corrected chi connectivity index (χ4v) is 2.83. The van der Waals surface area contributed by atoms with Crippen LogP contribution in [-0.4, -0.2) is 20.8 Å². The van der Waals surface area contributed by atoms with Gasteiger partial charge in [-0.1, -0.05) is 20.8 Å². The first-order chi connectivity index (χ1) is 9.71. The molecular formula is C16H25N3OSi. The second kappa shape index (κ2) is 5.65. The lowest BCUT2D eigenvalue weighted by Crippen LogP contribution is -2.43. The Balaban J connectivity index is 2.13. The normalized spacial score (nSPS) is 19.0. The molecule has 21 heavy (non-hydrogen) atoms. The van der Waals surface area contributed by atoms with Gasteiger partial charge in [-0.15, -0.1) is 0 Å². The number of nitrogens with two attached hydrogens (primary N) is 1. The van der Waals surface area contributed by atoms with Crippen molar-refractivity contribution in [2.75, 3.05) is 4.90 Å². The summed E-state index contributed by atoms with van der Waals surface area (Å²) in [5, 5.41) is 0.193. The number of aliphatic imine (C=N–C) groups is 1. The standard InChI is InChI=1S/C16H25N3OSi/c1-16(2,3)21(4,5)20-14-9-7-13(8-10-14)19-12-6-11-18-15(19)17/h6-12,15H,17H2,1-5H3. The quantitative estimate of drug-likeness (QED) is 0.866. The van der Waals surface area contributed by atoms with Crippen LogP contribution in [0.3, 0.4) is 0 Å². The van der Waals surface area contributed by atoms with E-state index in [4.69, 9.17) is 10.2 Å². The third-order valence-corrected chi connectivity index (χ3v) is 8.53. The van der Waals surface area contributed by atoms with E-state index in [0.717, 1.165) is 11.4 Å². The van der Waals surface area contributed by atoms with Crippen LogP contribution in [-0.2, 0) is 0 Å². The first-order valence-electron chi connectivity index (χ1n) is 7.24. The molecule has 0 spiro atoms. The van der Waals surface area contributed by atoms with Crippen molar-refractivity contribution in [2.24, 2.45) is 10.7 Å². The Morgan fingerprint density at radius 2 is 1.81 bits per heavy atom. The van der Waals surface area contributed by atoms with Crippen LogP contribution in [0, 0.1) is 0 Å². The van der Waals surface area contributed by atoms with Crippen molar-refractivity contribution in [2.45, 2.75) is 45.2 Å². The molecule has 1 heterocycles. The highest BCUT2D eigenvalue weighted by molar-refractivity contribution is 6.74. The van der Waals surface area contributed by atoms with Gasteiger partial charge in [-0.3, -0.25) is 10.7 Å². The minimum absolute atomic E-state index is 0.193. The average molecular weight is 303 g/mol. The number of hydrogen-bond acceptors (Lipinski definition) is 4. The molecule has 1 atom stereocenters. The van der Waals surface area contributed by atoms with Gasteiger partial charge in [0.05, 0.1) is 0 Å². The molecule has 1 aromatic rings. The Labute approximate surface area is 128 Å². The van der Waals surface area contributed by atoms with Gasteiger partial charge in [-0.25, -0.2) is 0 Å². The molecule has 0 radical (unpaired) electrons. The topological polar surface area (TPSA) is 50.8 Å². The summed E-state index contributed by atoms with van der Waals surface area (Å²) in [6, 6.07) is 8.06. The Kier molecular flexibility index (Phi) is 4.25. The van der Waals surface area contributed by atoms with Gasteiger partial charge < -0.3 is 9.33 Å². The predicted molar refractivity (Wildman–Crippen MR) is 92.4 cm³/mol. The maximum atomic E-state index is 6.28. The molecule has 1 aromatic carbocycles. The zero-order chi connectivity index (χ0) is 15.7. The van der Waals surface area contributed by atoms with Gasteiger partial charge in [0, 0.05) is 18.1 Å². The Morgan fingerprint density at radius 3 is 2.33 bits per heavy atom. The molecule has 0 saturated carbocycles. The molecule has 0 amide bonds. The lowest BCUT2D eigenvalue weighted by molar-refractivity contribution is 0.492. The zero-order valence-electron chi connectivity index (χ0n) is 13.5. The van der Waals surface area contributed by atoms with Gasteiger partial charge in [-0.2, -0.15) is 0 Å². The molecule has 0 aromatic heterocycles. The number of allylic oxidation sites excluding steroid dienone is 1. The van der Waals surface area contributed by atoms with Crippen LogP contribution in [0.2, 0.25) is 18.1 Å². The lowest BCUT2D eigenvalue weighted by Gasteiger charge is -2.36. The molecule has 4 nitrogen and oxygen atoms in total. The van der Waals surface area contributed by atoms with Crippen molar-refractivity contribution in [1.82, 2.24) is 0 Å². The van der Waals surface area contributed by atoms with E-state index < -0.39 is 8.32 Å². The highest BCUT2D eigenvalue weighted by Gasteiger charge is 2.38. The summed E-state index contributed by atoms with van der Waals surface area (Å²) in [7, 11) is -1.79. The molecule has 1 unspecified atom stereocenters. The van der Waals surface area contributed by atoms with E-state index in [1.54, 1.807) is 6.21 Å². The summed E-state index contributed by atoms with van der Waals surface area (Å²) < 4.78 is 6.28. The van der Waals surface area contributed by atoms with E-state index in [1.807, 2.05) is 41.4 Å². The van der Waals surface area contributed by atoms with Crippen LogP contribution >= 0.6 is 0 Å². The third kappa shape index (κ3) is 3.54. The van der Waals surface area contributed by atoms with Gasteiger partial charge in [0.2, 0.25) is 8.32 Å². The minimum atomic E-state index is -1.79. The number of benzene rings is 1. The predicted octanol–water partition coefficient (Wildman–Crippen LogP) is 3.72. The molecule has 0 saturated heterocycles. The maximum Gasteiger partial charge on any atom is 0.250 e. The minimum Gasteiger partial charge on any atom is -0.544 e. The SMILES string of the molecule is CC(C)(C)[Si](C)(C)Oc1ccc(N2C=CC=NC2N)cc1. The van der Waals surface area contributed by atoms with Gasteiger partial charge >= 0.3 is 0 Å². The number of nitrogens with zero attached hydrogens (tertiary/aromatic N) is 2. The van der Waals surface area contributed by atoms with Gasteiger partial charge in [0.25, 0.3) is 0 Å². The Hall–Kier alpha value is -1.59. The zero-order valence-corrected chi connectivity index (χ0v) is 14.5. The van der Waals surface area contributed by atoms with Crippen molar-refractivity contribution >= 4 is 20.2 Å². The summed E-state index contributed by atoms with van der Waals surface area (Å²) >= 11 is 0. The van der Waals surface area contributed by atoms with Crippen molar-refractivity contribution in [3.05, 3.63) is 36.5 Å². The lowest BCUT2D eigenvalue weighted by atomic mass is 10.2.